The van der Waals surface area contributed by atoms with Crippen molar-refractivity contribution in [1.82, 2.24) is 4.90 Å². The Bertz CT molecular complexity index is 665. The predicted octanol–water partition coefficient (Wildman–Crippen LogP) is 1.70. The lowest BCUT2D eigenvalue weighted by molar-refractivity contribution is -0.154. The number of nitrogens with zero attached hydrogens (tertiary/aromatic N) is 1. The van der Waals surface area contributed by atoms with Gasteiger partial charge in [-0.3, -0.25) is 4.79 Å². The molecule has 5 atom stereocenters. The van der Waals surface area contributed by atoms with E-state index >= 15 is 0 Å². The van der Waals surface area contributed by atoms with Crippen LogP contribution in [-0.4, -0.2) is 54.3 Å². The first-order valence-electron chi connectivity index (χ1n) is 8.88. The van der Waals surface area contributed by atoms with Gasteiger partial charge in [-0.15, -0.1) is 0 Å². The number of amides is 1. The van der Waals surface area contributed by atoms with E-state index in [2.05, 4.69) is 6.92 Å². The standard InChI is InChI=1S/C19H23NO5/c1-11-7-8-15-13(10-17(25-15)19(22)23-2)20(11)18(21)16-9-12-5-3-4-6-14(12)24-16/h3-6,11,13,15-17H,7-10H2,1-2H3. The number of hydrogen-bond acceptors (Lipinski definition) is 5. The molecule has 6 nitrogen and oxygen atoms in total. The van der Waals surface area contributed by atoms with Gasteiger partial charge in [0.1, 0.15) is 5.75 Å². The monoisotopic (exact) mass is 345 g/mol. The summed E-state index contributed by atoms with van der Waals surface area (Å²) in [4.78, 5) is 26.9. The van der Waals surface area contributed by atoms with Gasteiger partial charge in [-0.05, 0) is 31.4 Å². The lowest BCUT2D eigenvalue weighted by Gasteiger charge is -2.42. The van der Waals surface area contributed by atoms with Crippen molar-refractivity contribution >= 4 is 11.9 Å². The van der Waals surface area contributed by atoms with E-state index in [0.29, 0.717) is 12.8 Å². The molecule has 5 unspecified atom stereocenters. The minimum absolute atomic E-state index is 0.00693. The average molecular weight is 345 g/mol. The van der Waals surface area contributed by atoms with E-state index < -0.39 is 12.2 Å². The van der Waals surface area contributed by atoms with E-state index in [1.54, 1.807) is 0 Å². The molecular weight excluding hydrogens is 322 g/mol. The lowest BCUT2D eigenvalue weighted by Crippen LogP contribution is -2.56. The number of esters is 1. The molecule has 1 aromatic rings. The molecule has 0 bridgehead atoms. The molecule has 0 radical (unpaired) electrons. The van der Waals surface area contributed by atoms with E-state index in [0.717, 1.165) is 24.2 Å². The molecule has 4 rings (SSSR count). The molecule has 25 heavy (non-hydrogen) atoms. The maximum absolute atomic E-state index is 13.2. The normalized spacial score (nSPS) is 33.4. The van der Waals surface area contributed by atoms with Gasteiger partial charge in [0.05, 0.1) is 19.3 Å². The number of carbonyl (C=O) groups is 2. The van der Waals surface area contributed by atoms with Crippen LogP contribution in [0.15, 0.2) is 24.3 Å². The van der Waals surface area contributed by atoms with Gasteiger partial charge in [-0.1, -0.05) is 18.2 Å². The molecule has 3 heterocycles. The zero-order chi connectivity index (χ0) is 17.6. The number of para-hydroxylation sites is 1. The van der Waals surface area contributed by atoms with E-state index in [1.807, 2.05) is 29.2 Å². The van der Waals surface area contributed by atoms with Gasteiger partial charge in [-0.2, -0.15) is 0 Å². The number of carbonyl (C=O) groups excluding carboxylic acids is 2. The Balaban J connectivity index is 1.52. The highest BCUT2D eigenvalue weighted by atomic mass is 16.6. The molecule has 3 aliphatic heterocycles. The van der Waals surface area contributed by atoms with Crippen molar-refractivity contribution in [3.8, 4) is 5.75 Å². The van der Waals surface area contributed by atoms with E-state index in [-0.39, 0.29) is 30.1 Å². The summed E-state index contributed by atoms with van der Waals surface area (Å²) >= 11 is 0. The Morgan fingerprint density at radius 1 is 1.20 bits per heavy atom. The van der Waals surface area contributed by atoms with Crippen LogP contribution in [0.5, 0.6) is 5.75 Å². The van der Waals surface area contributed by atoms with Crippen LogP contribution in [0.2, 0.25) is 0 Å². The van der Waals surface area contributed by atoms with E-state index in [1.165, 1.54) is 7.11 Å². The summed E-state index contributed by atoms with van der Waals surface area (Å²) in [7, 11) is 1.36. The van der Waals surface area contributed by atoms with Crippen molar-refractivity contribution in [2.75, 3.05) is 7.11 Å². The third-order valence-electron chi connectivity index (χ3n) is 5.57. The summed E-state index contributed by atoms with van der Waals surface area (Å²) in [5.41, 5.74) is 1.07. The van der Waals surface area contributed by atoms with Crippen LogP contribution in [0.3, 0.4) is 0 Å². The molecular formula is C19H23NO5. The summed E-state index contributed by atoms with van der Waals surface area (Å²) in [6, 6.07) is 7.79. The third kappa shape index (κ3) is 2.78. The Kier molecular flexibility index (Phi) is 4.15. The molecule has 2 saturated heterocycles. The van der Waals surface area contributed by atoms with E-state index in [4.69, 9.17) is 14.2 Å². The van der Waals surface area contributed by atoms with Crippen molar-refractivity contribution in [3.63, 3.8) is 0 Å². The van der Waals surface area contributed by atoms with Crippen LogP contribution in [0.25, 0.3) is 0 Å². The zero-order valence-corrected chi connectivity index (χ0v) is 14.5. The quantitative estimate of drug-likeness (QED) is 0.764. The number of methoxy groups -OCH3 is 1. The van der Waals surface area contributed by atoms with Crippen LogP contribution in [0.1, 0.15) is 31.7 Å². The van der Waals surface area contributed by atoms with Gasteiger partial charge < -0.3 is 19.1 Å². The third-order valence-corrected chi connectivity index (χ3v) is 5.57. The minimum Gasteiger partial charge on any atom is -0.480 e. The van der Waals surface area contributed by atoms with Crippen LogP contribution >= 0.6 is 0 Å². The molecule has 1 amide bonds. The maximum Gasteiger partial charge on any atom is 0.335 e. The lowest BCUT2D eigenvalue weighted by atomic mass is 9.91. The number of fused-ring (bicyclic) bond motifs is 2. The first kappa shape index (κ1) is 16.4. The highest BCUT2D eigenvalue weighted by molar-refractivity contribution is 5.84. The number of ether oxygens (including phenoxy) is 3. The molecule has 6 heteroatoms. The number of hydrogen-bond donors (Lipinski definition) is 0. The van der Waals surface area contributed by atoms with Crippen molar-refractivity contribution in [1.29, 1.82) is 0 Å². The van der Waals surface area contributed by atoms with Gasteiger partial charge in [0.25, 0.3) is 5.91 Å². The number of rotatable bonds is 2. The minimum atomic E-state index is -0.581. The highest BCUT2D eigenvalue weighted by Crippen LogP contribution is 2.37. The van der Waals surface area contributed by atoms with Crippen molar-refractivity contribution < 1.29 is 23.8 Å². The fourth-order valence-electron chi connectivity index (χ4n) is 4.30. The molecule has 2 fully saturated rings. The van der Waals surface area contributed by atoms with Crippen LogP contribution < -0.4 is 4.74 Å². The molecule has 0 aliphatic carbocycles. The van der Waals surface area contributed by atoms with E-state index in [9.17, 15) is 9.59 Å². The Morgan fingerprint density at radius 3 is 2.76 bits per heavy atom. The Morgan fingerprint density at radius 2 is 2.00 bits per heavy atom. The smallest absolute Gasteiger partial charge is 0.335 e. The topological polar surface area (TPSA) is 65.1 Å². The van der Waals surface area contributed by atoms with Crippen molar-refractivity contribution in [3.05, 3.63) is 29.8 Å². The summed E-state index contributed by atoms with van der Waals surface area (Å²) < 4.78 is 16.6. The fourth-order valence-corrected chi connectivity index (χ4v) is 4.30. The van der Waals surface area contributed by atoms with Crippen LogP contribution in [0, 0.1) is 0 Å². The molecule has 1 aromatic carbocycles. The molecule has 3 aliphatic rings. The van der Waals surface area contributed by atoms with Crippen LogP contribution in [-0.2, 0) is 25.5 Å². The number of benzene rings is 1. The van der Waals surface area contributed by atoms with Crippen molar-refractivity contribution in [2.45, 2.75) is 63.0 Å². The molecule has 134 valence electrons. The Hall–Kier alpha value is -2.08. The summed E-state index contributed by atoms with van der Waals surface area (Å²) in [6.45, 7) is 2.06. The first-order valence-corrected chi connectivity index (χ1v) is 8.88. The first-order chi connectivity index (χ1) is 12.1. The second-order valence-corrected chi connectivity index (χ2v) is 7.08. The summed E-state index contributed by atoms with van der Waals surface area (Å²) in [6.07, 6.45) is 1.63. The average Bonchev–Trinajstić information content (AvgIpc) is 3.24. The summed E-state index contributed by atoms with van der Waals surface area (Å²) in [5, 5.41) is 0. The second kappa shape index (κ2) is 6.33. The van der Waals surface area contributed by atoms with Gasteiger partial charge >= 0.3 is 5.97 Å². The van der Waals surface area contributed by atoms with Gasteiger partial charge in [0, 0.05) is 18.9 Å². The second-order valence-electron chi connectivity index (χ2n) is 7.08. The van der Waals surface area contributed by atoms with Gasteiger partial charge in [-0.25, -0.2) is 4.79 Å². The Labute approximate surface area is 147 Å². The molecule has 0 aromatic heterocycles. The maximum atomic E-state index is 13.2. The SMILES string of the molecule is COC(=O)C1CC2C(CCC(C)N2C(=O)C2Cc3ccccc3O2)O1. The number of piperidine rings is 1. The largest absolute Gasteiger partial charge is 0.480 e. The molecule has 0 saturated carbocycles. The zero-order valence-electron chi connectivity index (χ0n) is 14.5. The fraction of sp³-hybridized carbons (Fsp3) is 0.579. The summed E-state index contributed by atoms with van der Waals surface area (Å²) in [5.74, 6) is 0.420. The predicted molar refractivity (Wildman–Crippen MR) is 89.2 cm³/mol. The van der Waals surface area contributed by atoms with Crippen LogP contribution in [0.4, 0.5) is 0 Å². The highest BCUT2D eigenvalue weighted by Gasteiger charge is 2.49. The van der Waals surface area contributed by atoms with Gasteiger partial charge in [0.2, 0.25) is 0 Å². The number of likely N-dealkylation sites (tertiary alicyclic amines) is 1. The molecule has 0 N–H and O–H groups in total. The molecule has 0 spiro atoms. The van der Waals surface area contributed by atoms with Gasteiger partial charge in [0.15, 0.2) is 12.2 Å². The van der Waals surface area contributed by atoms with Crippen molar-refractivity contribution in [2.24, 2.45) is 0 Å².